The number of nitrogens with one attached hydrogen (secondary N) is 1. The highest BCUT2D eigenvalue weighted by atomic mass is 35.5. The molecule has 1 fully saturated rings. The van der Waals surface area contributed by atoms with Crippen LogP contribution in [0.15, 0.2) is 90.6 Å². The number of anilines is 1. The van der Waals surface area contributed by atoms with Crippen LogP contribution in [0.2, 0.25) is 5.02 Å². The number of benzene rings is 2. The Kier molecular flexibility index (Phi) is 7.43. The van der Waals surface area contributed by atoms with Crippen molar-refractivity contribution >= 4 is 40.3 Å². The third kappa shape index (κ3) is 5.68. The highest BCUT2D eigenvalue weighted by Crippen LogP contribution is 2.28. The smallest absolute Gasteiger partial charge is 0.271 e. The van der Waals surface area contributed by atoms with E-state index >= 15 is 0 Å². The van der Waals surface area contributed by atoms with Crippen LogP contribution < -0.4 is 10.3 Å². The van der Waals surface area contributed by atoms with Crippen LogP contribution in [0, 0.1) is 0 Å². The predicted octanol–water partition coefficient (Wildman–Crippen LogP) is 3.95. The molecule has 4 heterocycles. The maximum Gasteiger partial charge on any atom is 0.271 e. The lowest BCUT2D eigenvalue weighted by Gasteiger charge is -2.36. The van der Waals surface area contributed by atoms with Crippen molar-refractivity contribution in [3.8, 4) is 5.69 Å². The zero-order valence-electron chi connectivity index (χ0n) is 21.6. The van der Waals surface area contributed by atoms with E-state index in [-0.39, 0.29) is 5.91 Å². The Labute approximate surface area is 235 Å². The van der Waals surface area contributed by atoms with E-state index in [0.717, 1.165) is 54.0 Å². The molecule has 0 aliphatic carbocycles. The number of fused-ring (bicyclic) bond motifs is 1. The Morgan fingerprint density at radius 1 is 0.975 bits per heavy atom. The molecule has 1 amide bonds. The summed E-state index contributed by atoms with van der Waals surface area (Å²) >= 11 is 6.16. The molecule has 40 heavy (non-hydrogen) atoms. The molecule has 0 bridgehead atoms. The van der Waals surface area contributed by atoms with E-state index in [0.29, 0.717) is 17.1 Å². The number of hydrogen-bond donors (Lipinski definition) is 1. The first-order valence-electron chi connectivity index (χ1n) is 12.9. The molecule has 0 spiro atoms. The molecular weight excluding hydrogens is 526 g/mol. The van der Waals surface area contributed by atoms with Crippen LogP contribution in [-0.4, -0.2) is 68.2 Å². The largest absolute Gasteiger partial charge is 0.368 e. The zero-order valence-corrected chi connectivity index (χ0v) is 22.3. The lowest BCUT2D eigenvalue weighted by atomic mass is 10.1. The minimum absolute atomic E-state index is 0.305. The summed E-state index contributed by atoms with van der Waals surface area (Å²) in [7, 11) is 0. The van der Waals surface area contributed by atoms with Crippen LogP contribution >= 0.6 is 11.6 Å². The van der Waals surface area contributed by atoms with Gasteiger partial charge < -0.3 is 4.90 Å². The van der Waals surface area contributed by atoms with E-state index in [1.165, 1.54) is 5.69 Å². The van der Waals surface area contributed by atoms with Gasteiger partial charge in [0.1, 0.15) is 0 Å². The summed E-state index contributed by atoms with van der Waals surface area (Å²) in [5, 5.41) is 14.7. The van der Waals surface area contributed by atoms with E-state index in [1.54, 1.807) is 35.4 Å². The van der Waals surface area contributed by atoms with Crippen molar-refractivity contribution in [1.29, 1.82) is 0 Å². The normalized spacial score (nSPS) is 14.2. The first kappa shape index (κ1) is 25.6. The first-order chi connectivity index (χ1) is 19.6. The van der Waals surface area contributed by atoms with Crippen LogP contribution in [-0.2, 0) is 6.54 Å². The maximum atomic E-state index is 12.3. The van der Waals surface area contributed by atoms with Crippen LogP contribution in [0.4, 0.5) is 5.69 Å². The molecule has 5 aromatic rings. The van der Waals surface area contributed by atoms with E-state index < -0.39 is 0 Å². The summed E-state index contributed by atoms with van der Waals surface area (Å²) in [5.41, 5.74) is 7.63. The summed E-state index contributed by atoms with van der Waals surface area (Å²) in [6, 6.07) is 18.9. The van der Waals surface area contributed by atoms with Crippen molar-refractivity contribution in [1.82, 2.24) is 35.3 Å². The second-order valence-corrected chi connectivity index (χ2v) is 9.84. The highest BCUT2D eigenvalue weighted by molar-refractivity contribution is 6.31. The van der Waals surface area contributed by atoms with Gasteiger partial charge in [0.15, 0.2) is 0 Å². The van der Waals surface area contributed by atoms with Crippen LogP contribution in [0.5, 0.6) is 0 Å². The molecule has 0 radical (unpaired) electrons. The number of carbonyl (C=O) groups is 1. The van der Waals surface area contributed by atoms with Gasteiger partial charge >= 0.3 is 0 Å². The molecule has 1 saturated heterocycles. The van der Waals surface area contributed by atoms with Crippen molar-refractivity contribution in [2.45, 2.75) is 6.54 Å². The van der Waals surface area contributed by atoms with Crippen molar-refractivity contribution in [2.75, 3.05) is 31.1 Å². The summed E-state index contributed by atoms with van der Waals surface area (Å²) in [6.07, 6.45) is 8.52. The molecule has 1 N–H and O–H groups in total. The molecule has 200 valence electrons. The first-order valence-corrected chi connectivity index (χ1v) is 13.3. The number of para-hydroxylation sites is 1. The van der Waals surface area contributed by atoms with Gasteiger partial charge in [-0.2, -0.15) is 5.10 Å². The van der Waals surface area contributed by atoms with E-state index in [2.05, 4.69) is 46.7 Å². The fraction of sp³-hybridized carbons (Fsp3) is 0.172. The Balaban J connectivity index is 1.09. The van der Waals surface area contributed by atoms with E-state index in [9.17, 15) is 4.79 Å². The predicted molar refractivity (Wildman–Crippen MR) is 155 cm³/mol. The van der Waals surface area contributed by atoms with Gasteiger partial charge in [-0.3, -0.25) is 19.7 Å². The molecule has 1 aliphatic heterocycles. The van der Waals surface area contributed by atoms with Crippen molar-refractivity contribution < 1.29 is 4.79 Å². The van der Waals surface area contributed by atoms with Crippen molar-refractivity contribution in [3.05, 3.63) is 107 Å². The average Bonchev–Trinajstić information content (AvgIpc) is 3.46. The number of carbonyl (C=O) groups excluding carboxylic acids is 1. The number of amides is 1. The van der Waals surface area contributed by atoms with Crippen LogP contribution in [0.1, 0.15) is 21.6 Å². The van der Waals surface area contributed by atoms with Crippen LogP contribution in [0.3, 0.4) is 0 Å². The fourth-order valence-corrected chi connectivity index (χ4v) is 4.95. The number of halogens is 1. The maximum absolute atomic E-state index is 12.3. The second kappa shape index (κ2) is 11.6. The monoisotopic (exact) mass is 551 g/mol. The number of pyridine rings is 2. The molecule has 6 rings (SSSR count). The van der Waals surface area contributed by atoms with Crippen LogP contribution in [0.25, 0.3) is 16.6 Å². The molecule has 0 atom stereocenters. The van der Waals surface area contributed by atoms with Crippen molar-refractivity contribution in [2.24, 2.45) is 5.10 Å². The summed E-state index contributed by atoms with van der Waals surface area (Å²) in [4.78, 5) is 25.4. The molecule has 10 nitrogen and oxygen atoms in total. The molecule has 0 saturated carbocycles. The number of rotatable bonds is 7. The minimum atomic E-state index is -0.305. The van der Waals surface area contributed by atoms with Gasteiger partial charge in [0.05, 0.1) is 29.3 Å². The standard InChI is InChI=1S/C29H26ClN9O/c30-23-5-6-25-26(17-23)32-12-9-28(25)38-15-13-37(14-16-38)19-24-20-39(36-34-24)27-4-2-1-3-22(27)18-33-35-29(40)21-7-10-31-11-8-21/h1-12,17-18,20H,13-16,19H2,(H,35,40)/b33-18+. The van der Waals surface area contributed by atoms with E-state index in [4.69, 9.17) is 11.6 Å². The van der Waals surface area contributed by atoms with Gasteiger partial charge in [-0.25, -0.2) is 10.1 Å². The molecule has 3 aromatic heterocycles. The quantitative estimate of drug-likeness (QED) is 0.241. The third-order valence-corrected chi connectivity index (χ3v) is 7.05. The van der Waals surface area contributed by atoms with Gasteiger partial charge in [-0.05, 0) is 42.5 Å². The summed E-state index contributed by atoms with van der Waals surface area (Å²) in [6.45, 7) is 4.33. The second-order valence-electron chi connectivity index (χ2n) is 9.40. The van der Waals surface area contributed by atoms with Gasteiger partial charge in [0.25, 0.3) is 5.91 Å². The van der Waals surface area contributed by atoms with Crippen molar-refractivity contribution in [3.63, 3.8) is 0 Å². The SMILES string of the molecule is O=C(N/N=C/c1ccccc1-n1cc(CN2CCN(c3ccnc4cc(Cl)ccc34)CC2)nn1)c1ccncc1. The summed E-state index contributed by atoms with van der Waals surface area (Å²) in [5.74, 6) is -0.305. The lowest BCUT2D eigenvalue weighted by molar-refractivity contribution is 0.0955. The zero-order chi connectivity index (χ0) is 27.3. The molecule has 11 heteroatoms. The number of piperazine rings is 1. The highest BCUT2D eigenvalue weighted by Gasteiger charge is 2.20. The Hall–Kier alpha value is -4.67. The molecule has 2 aromatic carbocycles. The van der Waals surface area contributed by atoms with Gasteiger partial charge in [0, 0.05) is 78.5 Å². The average molecular weight is 552 g/mol. The topological polar surface area (TPSA) is 104 Å². The Morgan fingerprint density at radius 2 is 1.80 bits per heavy atom. The summed E-state index contributed by atoms with van der Waals surface area (Å²) < 4.78 is 1.74. The molecular formula is C29H26ClN9O. The molecule has 0 unspecified atom stereocenters. The van der Waals surface area contributed by atoms with Gasteiger partial charge in [0.2, 0.25) is 0 Å². The van der Waals surface area contributed by atoms with E-state index in [1.807, 2.05) is 54.9 Å². The number of hydrazone groups is 1. The number of nitrogens with zero attached hydrogens (tertiary/aromatic N) is 8. The van der Waals surface area contributed by atoms with Gasteiger partial charge in [-0.1, -0.05) is 35.0 Å². The third-order valence-electron chi connectivity index (χ3n) is 6.82. The minimum Gasteiger partial charge on any atom is -0.368 e. The Bertz CT molecular complexity index is 1660. The fourth-order valence-electron chi connectivity index (χ4n) is 4.78. The number of aromatic nitrogens is 5. The molecule has 1 aliphatic rings. The number of hydrogen-bond acceptors (Lipinski definition) is 8. The van der Waals surface area contributed by atoms with Gasteiger partial charge in [-0.15, -0.1) is 5.10 Å². The Morgan fingerprint density at radius 3 is 2.65 bits per heavy atom. The lowest BCUT2D eigenvalue weighted by Crippen LogP contribution is -2.46.